The molecule has 3 nitrogen and oxygen atoms in total. The summed E-state index contributed by atoms with van der Waals surface area (Å²) in [5.74, 6) is 0.853. The van der Waals surface area contributed by atoms with Crippen molar-refractivity contribution in [1.82, 2.24) is 10.2 Å². The molecule has 0 aromatic carbocycles. The van der Waals surface area contributed by atoms with Crippen molar-refractivity contribution in [3.8, 4) is 5.75 Å². The summed E-state index contributed by atoms with van der Waals surface area (Å²) >= 11 is 0. The lowest BCUT2D eigenvalue weighted by atomic mass is 10.2. The van der Waals surface area contributed by atoms with Crippen molar-refractivity contribution < 1.29 is 4.43 Å². The summed E-state index contributed by atoms with van der Waals surface area (Å²) in [7, 11) is -1.67. The molecule has 0 fully saturated rings. The fraction of sp³-hybridized carbons (Fsp3) is 0.667. The van der Waals surface area contributed by atoms with Crippen molar-refractivity contribution in [2.45, 2.75) is 38.9 Å². The van der Waals surface area contributed by atoms with E-state index in [0.29, 0.717) is 0 Å². The van der Waals surface area contributed by atoms with Crippen molar-refractivity contribution in [1.29, 1.82) is 0 Å². The zero-order chi connectivity index (χ0) is 10.1. The van der Waals surface area contributed by atoms with Gasteiger partial charge in [-0.3, -0.25) is 5.10 Å². The Hall–Kier alpha value is -0.773. The highest BCUT2D eigenvalue weighted by molar-refractivity contribution is 6.74. The number of hydrogen-bond acceptors (Lipinski definition) is 2. The standard InChI is InChI=1S/C9H18N2OSi/c1-9(2,3)13(4,5)12-8-6-10-11-7-8/h6-7H,1-5H3,(H,10,11). The Labute approximate surface area is 80.6 Å². The molecule has 0 aliphatic heterocycles. The lowest BCUT2D eigenvalue weighted by molar-refractivity contribution is 0.492. The monoisotopic (exact) mass is 198 g/mol. The summed E-state index contributed by atoms with van der Waals surface area (Å²) in [6.07, 6.45) is 3.51. The number of hydrogen-bond donors (Lipinski definition) is 1. The number of aromatic nitrogens is 2. The molecule has 0 unspecified atom stereocenters. The molecule has 1 aromatic rings. The number of nitrogens with one attached hydrogen (secondary N) is 1. The van der Waals surface area contributed by atoms with Gasteiger partial charge in [-0.15, -0.1) is 0 Å². The highest BCUT2D eigenvalue weighted by Crippen LogP contribution is 2.36. The fourth-order valence-electron chi connectivity index (χ4n) is 0.743. The fourth-order valence-corrected chi connectivity index (χ4v) is 1.75. The minimum Gasteiger partial charge on any atom is -0.541 e. The third-order valence-electron chi connectivity index (χ3n) is 2.65. The minimum absolute atomic E-state index is 0.240. The quantitative estimate of drug-likeness (QED) is 0.742. The molecule has 0 atom stereocenters. The summed E-state index contributed by atoms with van der Waals surface area (Å²) in [6, 6.07) is 0. The third kappa shape index (κ3) is 2.34. The summed E-state index contributed by atoms with van der Waals surface area (Å²) in [4.78, 5) is 0. The highest BCUT2D eigenvalue weighted by atomic mass is 28.4. The Bertz CT molecular complexity index is 262. The van der Waals surface area contributed by atoms with Crippen LogP contribution in [0.5, 0.6) is 5.75 Å². The molecule has 0 radical (unpaired) electrons. The molecule has 0 aliphatic carbocycles. The molecule has 1 N–H and O–H groups in total. The van der Waals surface area contributed by atoms with E-state index in [1.54, 1.807) is 12.4 Å². The van der Waals surface area contributed by atoms with E-state index in [9.17, 15) is 0 Å². The van der Waals surface area contributed by atoms with E-state index in [1.807, 2.05) is 0 Å². The van der Waals surface area contributed by atoms with Crippen LogP contribution >= 0.6 is 0 Å². The van der Waals surface area contributed by atoms with Gasteiger partial charge in [0.15, 0.2) is 0 Å². The molecule has 0 bridgehead atoms. The van der Waals surface area contributed by atoms with Crippen molar-refractivity contribution >= 4 is 8.32 Å². The highest BCUT2D eigenvalue weighted by Gasteiger charge is 2.39. The second-order valence-electron chi connectivity index (χ2n) is 4.80. The summed E-state index contributed by atoms with van der Waals surface area (Å²) in [5.41, 5.74) is 0. The first-order valence-corrected chi connectivity index (χ1v) is 7.41. The second kappa shape index (κ2) is 3.18. The Morgan fingerprint density at radius 1 is 1.38 bits per heavy atom. The summed E-state index contributed by atoms with van der Waals surface area (Å²) in [5, 5.41) is 6.85. The molecule has 0 saturated heterocycles. The van der Waals surface area contributed by atoms with Gasteiger partial charge in [-0.1, -0.05) is 20.8 Å². The van der Waals surface area contributed by atoms with Gasteiger partial charge in [0.25, 0.3) is 8.32 Å². The lowest BCUT2D eigenvalue weighted by Gasteiger charge is -2.35. The predicted octanol–water partition coefficient (Wildman–Crippen LogP) is 2.79. The van der Waals surface area contributed by atoms with Gasteiger partial charge in [-0.05, 0) is 18.1 Å². The van der Waals surface area contributed by atoms with E-state index in [-0.39, 0.29) is 5.04 Å². The zero-order valence-corrected chi connectivity index (χ0v) is 10.0. The lowest BCUT2D eigenvalue weighted by Crippen LogP contribution is -2.43. The van der Waals surface area contributed by atoms with Gasteiger partial charge in [-0.25, -0.2) is 0 Å². The Balaban J connectivity index is 2.73. The number of nitrogens with zero attached hydrogens (tertiary/aromatic N) is 1. The first kappa shape index (κ1) is 10.3. The molecular weight excluding hydrogens is 180 g/mol. The van der Waals surface area contributed by atoms with E-state index in [2.05, 4.69) is 44.1 Å². The molecular formula is C9H18N2OSi. The van der Waals surface area contributed by atoms with Gasteiger partial charge in [-0.2, -0.15) is 5.10 Å². The van der Waals surface area contributed by atoms with Gasteiger partial charge in [0.1, 0.15) is 5.75 Å². The first-order chi connectivity index (χ1) is 5.83. The van der Waals surface area contributed by atoms with Gasteiger partial charge in [0, 0.05) is 0 Å². The van der Waals surface area contributed by atoms with E-state index < -0.39 is 8.32 Å². The smallest absolute Gasteiger partial charge is 0.250 e. The van der Waals surface area contributed by atoms with Crippen LogP contribution in [0.25, 0.3) is 0 Å². The molecule has 13 heavy (non-hydrogen) atoms. The molecule has 1 rings (SSSR count). The number of rotatable bonds is 2. The maximum Gasteiger partial charge on any atom is 0.250 e. The van der Waals surface area contributed by atoms with E-state index in [4.69, 9.17) is 4.43 Å². The summed E-state index contributed by atoms with van der Waals surface area (Å²) in [6.45, 7) is 11.1. The first-order valence-electron chi connectivity index (χ1n) is 4.51. The van der Waals surface area contributed by atoms with Gasteiger partial charge in [0.2, 0.25) is 0 Å². The molecule has 1 heterocycles. The van der Waals surface area contributed by atoms with Crippen LogP contribution in [0, 0.1) is 0 Å². The molecule has 74 valence electrons. The predicted molar refractivity (Wildman–Crippen MR) is 56.4 cm³/mol. The van der Waals surface area contributed by atoms with Crippen LogP contribution in [-0.4, -0.2) is 18.5 Å². The van der Waals surface area contributed by atoms with Crippen molar-refractivity contribution in [3.63, 3.8) is 0 Å². The van der Waals surface area contributed by atoms with Crippen molar-refractivity contribution in [2.24, 2.45) is 0 Å². The van der Waals surface area contributed by atoms with Crippen LogP contribution in [0.3, 0.4) is 0 Å². The maximum atomic E-state index is 5.95. The van der Waals surface area contributed by atoms with Crippen LogP contribution in [0.2, 0.25) is 18.1 Å². The van der Waals surface area contributed by atoms with Crippen molar-refractivity contribution in [3.05, 3.63) is 12.4 Å². The van der Waals surface area contributed by atoms with Crippen LogP contribution in [0.4, 0.5) is 0 Å². The molecule has 1 aromatic heterocycles. The van der Waals surface area contributed by atoms with Crippen LogP contribution in [-0.2, 0) is 0 Å². The maximum absolute atomic E-state index is 5.95. The van der Waals surface area contributed by atoms with Crippen LogP contribution in [0.1, 0.15) is 20.8 Å². The van der Waals surface area contributed by atoms with Crippen molar-refractivity contribution in [2.75, 3.05) is 0 Å². The SMILES string of the molecule is CC(C)(C)[Si](C)(C)Oc1cn[nH]c1. The second-order valence-corrected chi connectivity index (χ2v) is 9.52. The zero-order valence-electron chi connectivity index (χ0n) is 9.01. The van der Waals surface area contributed by atoms with E-state index in [1.165, 1.54) is 0 Å². The van der Waals surface area contributed by atoms with Gasteiger partial charge >= 0.3 is 0 Å². The Morgan fingerprint density at radius 2 is 2.00 bits per heavy atom. The molecule has 4 heteroatoms. The van der Waals surface area contributed by atoms with Crippen LogP contribution in [0.15, 0.2) is 12.4 Å². The normalized spacial score (nSPS) is 13.0. The molecule has 0 spiro atoms. The van der Waals surface area contributed by atoms with E-state index >= 15 is 0 Å². The molecule has 0 saturated carbocycles. The molecule has 0 aliphatic rings. The van der Waals surface area contributed by atoms with E-state index in [0.717, 1.165) is 5.75 Å². The van der Waals surface area contributed by atoms with Gasteiger partial charge in [0.05, 0.1) is 12.4 Å². The number of aromatic amines is 1. The largest absolute Gasteiger partial charge is 0.541 e. The Morgan fingerprint density at radius 3 is 2.38 bits per heavy atom. The average Bonchev–Trinajstić information content (AvgIpc) is 2.35. The van der Waals surface area contributed by atoms with Gasteiger partial charge < -0.3 is 4.43 Å². The van der Waals surface area contributed by atoms with Crippen LogP contribution < -0.4 is 4.43 Å². The number of H-pyrrole nitrogens is 1. The third-order valence-corrected chi connectivity index (χ3v) is 7.01. The summed E-state index contributed by atoms with van der Waals surface area (Å²) < 4.78 is 5.95. The molecule has 0 amide bonds. The topological polar surface area (TPSA) is 37.9 Å². The average molecular weight is 198 g/mol. The minimum atomic E-state index is -1.67. The Kier molecular flexibility index (Phi) is 2.52.